The van der Waals surface area contributed by atoms with E-state index in [0.29, 0.717) is 28.7 Å². The smallest absolute Gasteiger partial charge is 0.329 e. The molecule has 0 bridgehead atoms. The number of urea groups is 1. The zero-order chi connectivity index (χ0) is 26.5. The van der Waals surface area contributed by atoms with Gasteiger partial charge in [0.25, 0.3) is 5.91 Å². The van der Waals surface area contributed by atoms with Crippen LogP contribution < -0.4 is 20.1 Å². The Morgan fingerprint density at radius 1 is 1.16 bits per heavy atom. The molecule has 8 nitrogen and oxygen atoms in total. The Morgan fingerprint density at radius 2 is 1.89 bits per heavy atom. The molecule has 4 rings (SSSR count). The van der Waals surface area contributed by atoms with Gasteiger partial charge >= 0.3 is 6.03 Å². The fourth-order valence-electron chi connectivity index (χ4n) is 3.48. The van der Waals surface area contributed by atoms with E-state index < -0.39 is 30.2 Å². The molecule has 3 aromatic rings. The third-order valence-electron chi connectivity index (χ3n) is 5.27. The third-order valence-corrected chi connectivity index (χ3v) is 6.32. The topological polar surface area (TPSA) is 97.0 Å². The van der Waals surface area contributed by atoms with Crippen LogP contribution in [0.2, 0.25) is 5.02 Å². The Bertz CT molecular complexity index is 1400. The van der Waals surface area contributed by atoms with Crippen LogP contribution in [0.1, 0.15) is 11.1 Å². The van der Waals surface area contributed by atoms with Crippen LogP contribution in [0.5, 0.6) is 11.5 Å². The van der Waals surface area contributed by atoms with Gasteiger partial charge < -0.3 is 20.1 Å². The average Bonchev–Trinajstić information content (AvgIpc) is 3.12. The number of para-hydroxylation sites is 1. The first-order chi connectivity index (χ1) is 17.7. The molecule has 2 N–H and O–H groups in total. The molecule has 1 aliphatic heterocycles. The minimum Gasteiger partial charge on any atom is -0.493 e. The number of halogens is 3. The molecule has 4 amide bonds. The van der Waals surface area contributed by atoms with E-state index in [2.05, 4.69) is 33.2 Å². The number of rotatable bonds is 8. The molecule has 1 heterocycles. The maximum atomic E-state index is 13.8. The summed E-state index contributed by atoms with van der Waals surface area (Å²) in [5.41, 5.74) is 1.43. The van der Waals surface area contributed by atoms with Gasteiger partial charge in [-0.3, -0.25) is 9.59 Å². The number of anilines is 1. The summed E-state index contributed by atoms with van der Waals surface area (Å²) >= 11 is 8.02. The van der Waals surface area contributed by atoms with E-state index in [9.17, 15) is 18.8 Å². The van der Waals surface area contributed by atoms with Crippen LogP contribution in [0.3, 0.4) is 0 Å². The van der Waals surface area contributed by atoms with Gasteiger partial charge in [0.05, 0.1) is 16.4 Å². The number of methoxy groups -OCH3 is 1. The van der Waals surface area contributed by atoms with Crippen molar-refractivity contribution in [2.75, 3.05) is 19.0 Å². The molecule has 37 heavy (non-hydrogen) atoms. The van der Waals surface area contributed by atoms with E-state index in [0.717, 1.165) is 14.0 Å². The zero-order valence-electron chi connectivity index (χ0n) is 19.4. The number of ether oxygens (including phenoxy) is 2. The Labute approximate surface area is 230 Å². The monoisotopic (exact) mass is 635 g/mol. The lowest BCUT2D eigenvalue weighted by atomic mass is 10.1. The quantitative estimate of drug-likeness (QED) is 0.202. The van der Waals surface area contributed by atoms with Crippen molar-refractivity contribution in [2.45, 2.75) is 6.61 Å². The van der Waals surface area contributed by atoms with Crippen LogP contribution in [0.25, 0.3) is 6.08 Å². The molecule has 190 valence electrons. The van der Waals surface area contributed by atoms with Crippen LogP contribution in [-0.2, 0) is 16.2 Å². The molecule has 11 heteroatoms. The summed E-state index contributed by atoms with van der Waals surface area (Å²) in [5.74, 6) is -1.07. The van der Waals surface area contributed by atoms with Crippen LogP contribution in [0.15, 0.2) is 66.4 Å². The van der Waals surface area contributed by atoms with Crippen LogP contribution >= 0.6 is 34.2 Å². The van der Waals surface area contributed by atoms with Gasteiger partial charge in [-0.05, 0) is 76.2 Å². The normalized spacial score (nSPS) is 14.1. The van der Waals surface area contributed by atoms with Crippen molar-refractivity contribution in [3.8, 4) is 11.5 Å². The summed E-state index contributed by atoms with van der Waals surface area (Å²) in [6, 6.07) is 15.5. The first kappa shape index (κ1) is 26.4. The fraction of sp³-hybridized carbons (Fsp3) is 0.115. The molecule has 0 aliphatic carbocycles. The highest BCUT2D eigenvalue weighted by Crippen LogP contribution is 2.35. The summed E-state index contributed by atoms with van der Waals surface area (Å²) in [6.45, 7) is -0.281. The van der Waals surface area contributed by atoms with E-state index in [1.807, 2.05) is 12.1 Å². The molecular weight excluding hydrogens is 616 g/mol. The number of carbonyl (C=O) groups is 3. The summed E-state index contributed by atoms with van der Waals surface area (Å²) in [5, 5.41) is 5.45. The van der Waals surface area contributed by atoms with Gasteiger partial charge in [0.1, 0.15) is 24.7 Å². The van der Waals surface area contributed by atoms with Crippen molar-refractivity contribution in [3.63, 3.8) is 0 Å². The number of amides is 4. The predicted octanol–water partition coefficient (Wildman–Crippen LogP) is 5.20. The highest BCUT2D eigenvalue weighted by Gasteiger charge is 2.35. The third kappa shape index (κ3) is 6.38. The molecule has 1 aliphatic rings. The van der Waals surface area contributed by atoms with Crippen molar-refractivity contribution < 1.29 is 28.2 Å². The second kappa shape index (κ2) is 11.6. The number of benzene rings is 3. The van der Waals surface area contributed by atoms with Crippen molar-refractivity contribution in [2.24, 2.45) is 0 Å². The molecule has 0 aromatic heterocycles. The second-order valence-corrected chi connectivity index (χ2v) is 9.46. The van der Waals surface area contributed by atoms with Crippen molar-refractivity contribution in [1.29, 1.82) is 0 Å². The number of hydrogen-bond donors (Lipinski definition) is 2. The molecule has 0 saturated carbocycles. The van der Waals surface area contributed by atoms with Gasteiger partial charge in [-0.1, -0.05) is 35.9 Å². The lowest BCUT2D eigenvalue weighted by molar-refractivity contribution is -0.127. The molecule has 0 spiro atoms. The molecule has 3 aromatic carbocycles. The Morgan fingerprint density at radius 3 is 2.59 bits per heavy atom. The van der Waals surface area contributed by atoms with Gasteiger partial charge in [0.2, 0.25) is 5.91 Å². The van der Waals surface area contributed by atoms with E-state index in [1.54, 1.807) is 30.3 Å². The summed E-state index contributed by atoms with van der Waals surface area (Å²) in [6.07, 6.45) is 1.47. The lowest BCUT2D eigenvalue weighted by Crippen LogP contribution is -2.38. The number of nitrogens with zero attached hydrogens (tertiary/aromatic N) is 1. The maximum absolute atomic E-state index is 13.8. The van der Waals surface area contributed by atoms with Crippen molar-refractivity contribution in [3.05, 3.63) is 91.9 Å². The van der Waals surface area contributed by atoms with E-state index in [4.69, 9.17) is 21.1 Å². The molecule has 0 radical (unpaired) electrons. The Balaban J connectivity index is 1.47. The Kier molecular flexibility index (Phi) is 8.29. The van der Waals surface area contributed by atoms with Gasteiger partial charge in [-0.25, -0.2) is 14.1 Å². The second-order valence-electron chi connectivity index (χ2n) is 7.86. The molecular formula is C26H20ClFIN3O5. The van der Waals surface area contributed by atoms with E-state index in [1.165, 1.54) is 31.4 Å². The SMILES string of the molecule is COc1cc(/C=C2\NC(=O)N(CC(=O)Nc3ccccc3F)C2=O)cc(I)c1OCc1ccc(Cl)cc1. The van der Waals surface area contributed by atoms with Gasteiger partial charge in [0, 0.05) is 5.02 Å². The van der Waals surface area contributed by atoms with Crippen molar-refractivity contribution >= 4 is 63.8 Å². The highest BCUT2D eigenvalue weighted by molar-refractivity contribution is 14.1. The minimum absolute atomic E-state index is 0.0172. The Hall–Kier alpha value is -3.64. The summed E-state index contributed by atoms with van der Waals surface area (Å²) in [4.78, 5) is 38.2. The average molecular weight is 636 g/mol. The molecule has 0 atom stereocenters. The standard InChI is InChI=1S/C26H20ClFIN3O5/c1-36-22-12-16(10-19(29)24(22)37-14-15-6-8-17(27)9-7-15)11-21-25(34)32(26(35)31-21)13-23(33)30-20-5-3-2-4-18(20)28/h2-12H,13-14H2,1H3,(H,30,33)(H,31,35)/b21-11-. The minimum atomic E-state index is -0.760. The van der Waals surface area contributed by atoms with Gasteiger partial charge in [-0.2, -0.15) is 0 Å². The summed E-state index contributed by atoms with van der Waals surface area (Å²) < 4.78 is 25.9. The number of imide groups is 1. The first-order valence-corrected chi connectivity index (χ1v) is 12.3. The highest BCUT2D eigenvalue weighted by atomic mass is 127. The fourth-order valence-corrected chi connectivity index (χ4v) is 4.38. The predicted molar refractivity (Wildman–Crippen MR) is 145 cm³/mol. The zero-order valence-corrected chi connectivity index (χ0v) is 22.3. The van der Waals surface area contributed by atoms with E-state index >= 15 is 0 Å². The molecule has 0 unspecified atom stereocenters. The number of hydrogen-bond acceptors (Lipinski definition) is 5. The lowest BCUT2D eigenvalue weighted by Gasteiger charge is -2.14. The molecule has 1 saturated heterocycles. The van der Waals surface area contributed by atoms with Crippen LogP contribution in [0, 0.1) is 9.39 Å². The molecule has 1 fully saturated rings. The number of carbonyl (C=O) groups excluding carboxylic acids is 3. The first-order valence-electron chi connectivity index (χ1n) is 10.9. The largest absolute Gasteiger partial charge is 0.493 e. The van der Waals surface area contributed by atoms with Crippen LogP contribution in [0.4, 0.5) is 14.9 Å². The maximum Gasteiger partial charge on any atom is 0.329 e. The summed E-state index contributed by atoms with van der Waals surface area (Å²) in [7, 11) is 1.50. The van der Waals surface area contributed by atoms with E-state index in [-0.39, 0.29) is 11.4 Å². The van der Waals surface area contributed by atoms with Gasteiger partial charge in [-0.15, -0.1) is 0 Å². The van der Waals surface area contributed by atoms with Crippen molar-refractivity contribution in [1.82, 2.24) is 10.2 Å². The number of nitrogens with one attached hydrogen (secondary N) is 2. The van der Waals surface area contributed by atoms with Gasteiger partial charge in [0.15, 0.2) is 11.5 Å². The van der Waals surface area contributed by atoms with Crippen LogP contribution in [-0.4, -0.2) is 36.4 Å².